The number of quaternary nitrogens is 2. The zero-order chi connectivity index (χ0) is 37.2. The first-order valence-corrected chi connectivity index (χ1v) is 15.6. The number of aromatic nitrogens is 2. The van der Waals surface area contributed by atoms with Crippen LogP contribution in [0.1, 0.15) is 51.0 Å². The minimum atomic E-state index is -5.19. The lowest BCUT2D eigenvalue weighted by Crippen LogP contribution is -2.54. The normalized spacial score (nSPS) is 14.2. The summed E-state index contributed by atoms with van der Waals surface area (Å²) in [5.41, 5.74) is 9.14. The number of carbonyl (C=O) groups excluding carboxylic acids is 3. The number of benzene rings is 2. The molecule has 1 aliphatic rings. The van der Waals surface area contributed by atoms with Crippen LogP contribution < -0.4 is 31.7 Å². The van der Waals surface area contributed by atoms with E-state index in [1.807, 2.05) is 6.92 Å². The molecule has 1 aromatic heterocycles. The maximum absolute atomic E-state index is 12.9. The number of aliphatic carboxylic acids is 2. The summed E-state index contributed by atoms with van der Waals surface area (Å²) in [5, 5.41) is 24.4. The van der Waals surface area contributed by atoms with Crippen LogP contribution in [0.15, 0.2) is 57.9 Å². The molecular formula is C28H32F6N6O8S. The Bertz CT molecular complexity index is 1670. The third kappa shape index (κ3) is 13.0. The van der Waals surface area contributed by atoms with Gasteiger partial charge in [-0.25, -0.2) is 8.42 Å². The lowest BCUT2D eigenvalue weighted by atomic mass is 10.1. The summed E-state index contributed by atoms with van der Waals surface area (Å²) >= 11 is 0. The van der Waals surface area contributed by atoms with Gasteiger partial charge in [0.25, 0.3) is 15.9 Å². The van der Waals surface area contributed by atoms with Crippen molar-refractivity contribution in [1.29, 1.82) is 0 Å². The van der Waals surface area contributed by atoms with Crippen molar-refractivity contribution in [3.8, 4) is 11.4 Å². The Morgan fingerprint density at radius 1 is 0.959 bits per heavy atom. The third-order valence-corrected chi connectivity index (χ3v) is 8.05. The van der Waals surface area contributed by atoms with Gasteiger partial charge < -0.3 is 41.1 Å². The fourth-order valence-corrected chi connectivity index (χ4v) is 4.61. The number of hydrogen-bond donors (Lipinski definition) is 4. The van der Waals surface area contributed by atoms with Crippen LogP contribution in [-0.4, -0.2) is 55.3 Å². The summed E-state index contributed by atoms with van der Waals surface area (Å²) in [4.78, 5) is 34.4. The number of hydrogen-bond acceptors (Lipinski definition) is 10. The number of sulfonamides is 1. The van der Waals surface area contributed by atoms with E-state index in [0.29, 0.717) is 28.7 Å². The van der Waals surface area contributed by atoms with Gasteiger partial charge in [0.1, 0.15) is 11.9 Å². The zero-order valence-corrected chi connectivity index (χ0v) is 26.5. The van der Waals surface area contributed by atoms with E-state index >= 15 is 0 Å². The standard InChI is InChI=1S/C24H30N6O4S.2C2HF3O2/c1-24(12-13-24)23(31)27-17-5-4-6-18(15-17)30-35(32,33)19-10-8-16(9-11-19)21-28-22(34-29-21)20(26)7-2-3-14-25;2*3-2(4,5)1(6)7/h4-6,8-11,15,20,30H,2-3,7,12-14,25-26H2,1H3,(H,27,31);2*(H,6,7)/t20-;;/m0../s1. The van der Waals surface area contributed by atoms with Crippen molar-refractivity contribution in [2.75, 3.05) is 16.6 Å². The molecule has 0 saturated heterocycles. The molecule has 0 aliphatic heterocycles. The number of anilines is 2. The Labute approximate surface area is 274 Å². The topological polar surface area (TPSA) is 250 Å². The molecule has 8 N–H and O–H groups in total. The highest BCUT2D eigenvalue weighted by Crippen LogP contribution is 2.45. The van der Waals surface area contributed by atoms with Gasteiger partial charge in [0.05, 0.1) is 17.1 Å². The Balaban J connectivity index is 0.000000500. The van der Waals surface area contributed by atoms with Crippen LogP contribution in [0.25, 0.3) is 11.4 Å². The van der Waals surface area contributed by atoms with E-state index in [-0.39, 0.29) is 22.3 Å². The summed E-state index contributed by atoms with van der Waals surface area (Å²) in [6.07, 6.45) is -5.82. The highest BCUT2D eigenvalue weighted by molar-refractivity contribution is 7.92. The molecule has 0 unspecified atom stereocenters. The molecule has 14 nitrogen and oxygen atoms in total. The van der Waals surface area contributed by atoms with Gasteiger partial charge in [-0.3, -0.25) is 9.52 Å². The molecule has 49 heavy (non-hydrogen) atoms. The average molecular weight is 727 g/mol. The predicted molar refractivity (Wildman–Crippen MR) is 152 cm³/mol. The first-order valence-electron chi connectivity index (χ1n) is 14.2. The summed E-state index contributed by atoms with van der Waals surface area (Å²) in [6.45, 7) is 2.80. The van der Waals surface area contributed by atoms with Crippen LogP contribution >= 0.6 is 0 Å². The molecule has 1 fully saturated rings. The molecule has 270 valence electrons. The fourth-order valence-electron chi connectivity index (χ4n) is 3.56. The first kappa shape index (κ1) is 40.4. The summed E-state index contributed by atoms with van der Waals surface area (Å²) < 4.78 is 96.8. The summed E-state index contributed by atoms with van der Waals surface area (Å²) in [6, 6.07) is 12.8. The summed E-state index contributed by atoms with van der Waals surface area (Å²) in [5.74, 6) is -5.22. The maximum Gasteiger partial charge on any atom is 0.430 e. The van der Waals surface area contributed by atoms with Crippen LogP contribution in [0.5, 0.6) is 0 Å². The monoisotopic (exact) mass is 726 g/mol. The highest BCUT2D eigenvalue weighted by Gasteiger charge is 2.44. The Morgan fingerprint density at radius 2 is 1.49 bits per heavy atom. The zero-order valence-electron chi connectivity index (χ0n) is 25.7. The molecule has 21 heteroatoms. The Kier molecular flexibility index (Phi) is 13.7. The van der Waals surface area contributed by atoms with Crippen LogP contribution in [-0.2, 0) is 24.4 Å². The molecule has 0 bridgehead atoms. The van der Waals surface area contributed by atoms with Gasteiger partial charge in [0, 0.05) is 23.1 Å². The van der Waals surface area contributed by atoms with Crippen LogP contribution in [0.2, 0.25) is 0 Å². The number of halogens is 6. The van der Waals surface area contributed by atoms with E-state index in [0.717, 1.165) is 38.6 Å². The minimum absolute atomic E-state index is 0.0545. The van der Waals surface area contributed by atoms with Gasteiger partial charge in [-0.1, -0.05) is 18.1 Å². The fraction of sp³-hybridized carbons (Fsp3) is 0.393. The Hall–Kier alpha value is -4.76. The van der Waals surface area contributed by atoms with Crippen molar-refractivity contribution < 1.29 is 75.3 Å². The SMILES string of the molecule is CC1(C(=O)Nc2cccc(NS(=O)(=O)c3ccc(-c4noc([C@@H]([NH3+])CCCC[NH3+])n4)cc3)c2)CC1.O=C([O-])C(F)(F)F.O=C([O-])C(F)(F)F. The van der Waals surface area contributed by atoms with Crippen LogP contribution in [0.3, 0.4) is 0 Å². The maximum atomic E-state index is 12.9. The number of nitrogens with one attached hydrogen (secondary N) is 2. The van der Waals surface area contributed by atoms with E-state index in [9.17, 15) is 39.6 Å². The third-order valence-electron chi connectivity index (χ3n) is 6.65. The molecule has 1 amide bonds. The van der Waals surface area contributed by atoms with Gasteiger partial charge in [0.15, 0.2) is 6.04 Å². The van der Waals surface area contributed by atoms with Gasteiger partial charge in [-0.15, -0.1) is 0 Å². The molecule has 1 heterocycles. The van der Waals surface area contributed by atoms with Crippen molar-refractivity contribution in [1.82, 2.24) is 10.1 Å². The molecule has 2 aromatic carbocycles. The van der Waals surface area contributed by atoms with Crippen molar-refractivity contribution in [3.63, 3.8) is 0 Å². The van der Waals surface area contributed by atoms with E-state index in [2.05, 4.69) is 31.6 Å². The van der Waals surface area contributed by atoms with Crippen molar-refractivity contribution in [2.24, 2.45) is 5.41 Å². The summed E-state index contributed by atoms with van der Waals surface area (Å²) in [7, 11) is -3.84. The molecule has 4 rings (SSSR count). The number of unbranched alkanes of at least 4 members (excludes halogenated alkanes) is 1. The molecule has 0 radical (unpaired) electrons. The number of alkyl halides is 6. The largest absolute Gasteiger partial charge is 0.542 e. The lowest BCUT2D eigenvalue weighted by Gasteiger charge is -2.12. The number of carbonyl (C=O) groups is 3. The van der Waals surface area contributed by atoms with E-state index in [1.165, 1.54) is 12.1 Å². The second kappa shape index (κ2) is 16.6. The quantitative estimate of drug-likeness (QED) is 0.158. The second-order valence-electron chi connectivity index (χ2n) is 10.8. The van der Waals surface area contributed by atoms with Gasteiger partial charge >= 0.3 is 12.4 Å². The number of carboxylic acid groups (broad SMARTS) is 2. The van der Waals surface area contributed by atoms with Gasteiger partial charge in [-0.05, 0) is 68.1 Å². The van der Waals surface area contributed by atoms with Crippen LogP contribution in [0, 0.1) is 5.41 Å². The lowest BCUT2D eigenvalue weighted by molar-refractivity contribution is -0.434. The van der Waals surface area contributed by atoms with Crippen molar-refractivity contribution >= 4 is 39.2 Å². The van der Waals surface area contributed by atoms with E-state index in [1.54, 1.807) is 36.4 Å². The van der Waals surface area contributed by atoms with Gasteiger partial charge in [0.2, 0.25) is 11.7 Å². The molecule has 1 aliphatic carbocycles. The number of nitrogens with zero attached hydrogens (tertiary/aromatic N) is 2. The van der Waals surface area contributed by atoms with E-state index in [4.69, 9.17) is 24.3 Å². The number of carboxylic acids is 2. The molecular weight excluding hydrogens is 694 g/mol. The minimum Gasteiger partial charge on any atom is -0.542 e. The molecule has 1 atom stereocenters. The second-order valence-corrected chi connectivity index (χ2v) is 12.5. The number of rotatable bonds is 11. The van der Waals surface area contributed by atoms with Crippen LogP contribution in [0.4, 0.5) is 37.7 Å². The average Bonchev–Trinajstić information content (AvgIpc) is 3.56. The van der Waals surface area contributed by atoms with Gasteiger partial charge in [-0.2, -0.15) is 31.3 Å². The highest BCUT2D eigenvalue weighted by atomic mass is 32.2. The molecule has 0 spiro atoms. The Morgan fingerprint density at radius 3 is 1.98 bits per heavy atom. The van der Waals surface area contributed by atoms with Crippen molar-refractivity contribution in [3.05, 3.63) is 54.4 Å². The smallest absolute Gasteiger partial charge is 0.430 e. The molecule has 3 aromatic rings. The van der Waals surface area contributed by atoms with E-state index < -0.39 is 34.3 Å². The first-order chi connectivity index (χ1) is 22.6. The number of amides is 1. The molecule has 1 saturated carbocycles. The predicted octanol–water partition coefficient (Wildman–Crippen LogP) is 0.568. The van der Waals surface area contributed by atoms with Crippen molar-refractivity contribution in [2.45, 2.75) is 62.3 Å².